The maximum atomic E-state index is 13.9. The molecule has 2 aromatic rings. The second-order valence-corrected chi connectivity index (χ2v) is 8.89. The van der Waals surface area contributed by atoms with E-state index in [0.717, 1.165) is 0 Å². The fourth-order valence-electron chi connectivity index (χ4n) is 2.89. The molecule has 0 unspecified atom stereocenters. The van der Waals surface area contributed by atoms with Crippen molar-refractivity contribution in [3.8, 4) is 0 Å². The van der Waals surface area contributed by atoms with Gasteiger partial charge in [0.2, 0.25) is 10.0 Å². The third kappa shape index (κ3) is 3.99. The van der Waals surface area contributed by atoms with Crippen molar-refractivity contribution in [3.63, 3.8) is 0 Å². The zero-order chi connectivity index (χ0) is 19.8. The van der Waals surface area contributed by atoms with Crippen LogP contribution in [0.5, 0.6) is 0 Å². The molecular weight excluding hydrogens is 443 g/mol. The number of sulfonamides is 1. The molecular formula is C16H18BrFN4O4S. The summed E-state index contributed by atoms with van der Waals surface area (Å²) in [6.45, 7) is 3.74. The highest BCUT2D eigenvalue weighted by atomic mass is 79.9. The first-order valence-corrected chi connectivity index (χ1v) is 10.4. The molecule has 0 spiro atoms. The molecule has 1 aliphatic rings. The standard InChI is InChI=1S/C16H18BrFN4O4S/c1-10-15(11(2)26-20-10)27(24,25)22-7-5-21(6-8-22)16(23)19-14-4-3-12(17)9-13(14)18/h3-4,9H,5-8H2,1-2H3,(H,19,23). The molecule has 1 aromatic heterocycles. The molecule has 27 heavy (non-hydrogen) atoms. The number of carbonyl (C=O) groups is 1. The van der Waals surface area contributed by atoms with E-state index < -0.39 is 21.9 Å². The number of piperazine rings is 1. The van der Waals surface area contributed by atoms with Gasteiger partial charge in [-0.3, -0.25) is 0 Å². The Morgan fingerprint density at radius 1 is 1.26 bits per heavy atom. The Morgan fingerprint density at radius 2 is 1.93 bits per heavy atom. The third-order valence-corrected chi connectivity index (χ3v) is 6.90. The van der Waals surface area contributed by atoms with Gasteiger partial charge < -0.3 is 14.7 Å². The summed E-state index contributed by atoms with van der Waals surface area (Å²) in [5, 5.41) is 6.19. The van der Waals surface area contributed by atoms with Crippen LogP contribution in [-0.2, 0) is 10.0 Å². The summed E-state index contributed by atoms with van der Waals surface area (Å²) in [6.07, 6.45) is 0. The van der Waals surface area contributed by atoms with E-state index in [9.17, 15) is 17.6 Å². The van der Waals surface area contributed by atoms with E-state index in [0.29, 0.717) is 10.2 Å². The van der Waals surface area contributed by atoms with Crippen molar-refractivity contribution in [2.45, 2.75) is 18.7 Å². The first-order valence-electron chi connectivity index (χ1n) is 8.14. The monoisotopic (exact) mass is 460 g/mol. The van der Waals surface area contributed by atoms with Crippen LogP contribution in [0.2, 0.25) is 0 Å². The summed E-state index contributed by atoms with van der Waals surface area (Å²) in [5.74, 6) is -0.323. The summed E-state index contributed by atoms with van der Waals surface area (Å²) in [6, 6.07) is 3.84. The van der Waals surface area contributed by atoms with Crippen LogP contribution in [0.3, 0.4) is 0 Å². The topological polar surface area (TPSA) is 95.8 Å². The Hall–Kier alpha value is -1.98. The Bertz CT molecular complexity index is 951. The minimum absolute atomic E-state index is 0.0639. The number of nitrogens with zero attached hydrogens (tertiary/aromatic N) is 3. The minimum atomic E-state index is -3.75. The van der Waals surface area contributed by atoms with Crippen LogP contribution in [-0.4, -0.2) is 55.0 Å². The smallest absolute Gasteiger partial charge is 0.322 e. The lowest BCUT2D eigenvalue weighted by molar-refractivity contribution is 0.184. The number of rotatable bonds is 3. The van der Waals surface area contributed by atoms with Crippen molar-refractivity contribution < 1.29 is 22.1 Å². The number of nitrogens with one attached hydrogen (secondary N) is 1. The number of halogens is 2. The number of anilines is 1. The fourth-order valence-corrected chi connectivity index (χ4v) is 4.94. The van der Waals surface area contributed by atoms with Gasteiger partial charge in [-0.1, -0.05) is 21.1 Å². The molecule has 2 heterocycles. The van der Waals surface area contributed by atoms with E-state index in [1.807, 2.05) is 0 Å². The SMILES string of the molecule is Cc1noc(C)c1S(=O)(=O)N1CCN(C(=O)Nc2ccc(Br)cc2F)CC1. The van der Waals surface area contributed by atoms with Gasteiger partial charge in [0.15, 0.2) is 5.76 Å². The van der Waals surface area contributed by atoms with Crippen molar-refractivity contribution in [2.24, 2.45) is 0 Å². The van der Waals surface area contributed by atoms with Crippen LogP contribution in [0.15, 0.2) is 32.1 Å². The molecule has 0 bridgehead atoms. The predicted molar refractivity (Wildman–Crippen MR) is 99.4 cm³/mol. The third-order valence-electron chi connectivity index (χ3n) is 4.26. The van der Waals surface area contributed by atoms with Gasteiger partial charge in [-0.15, -0.1) is 0 Å². The van der Waals surface area contributed by atoms with Gasteiger partial charge in [0.1, 0.15) is 16.4 Å². The Kier molecular flexibility index (Phi) is 5.54. The number of benzene rings is 1. The van der Waals surface area contributed by atoms with Crippen molar-refractivity contribution >= 4 is 37.7 Å². The second kappa shape index (κ2) is 7.56. The number of hydrogen-bond donors (Lipinski definition) is 1. The highest BCUT2D eigenvalue weighted by Gasteiger charge is 2.34. The maximum Gasteiger partial charge on any atom is 0.322 e. The summed E-state index contributed by atoms with van der Waals surface area (Å²) in [7, 11) is -3.75. The number of carbonyl (C=O) groups excluding carboxylic acids is 1. The number of urea groups is 1. The van der Waals surface area contributed by atoms with Crippen LogP contribution in [0.1, 0.15) is 11.5 Å². The van der Waals surface area contributed by atoms with Crippen LogP contribution in [0, 0.1) is 19.7 Å². The molecule has 3 rings (SSSR count). The van der Waals surface area contributed by atoms with Crippen molar-refractivity contribution in [1.29, 1.82) is 0 Å². The van der Waals surface area contributed by atoms with Crippen molar-refractivity contribution in [2.75, 3.05) is 31.5 Å². The number of hydrogen-bond acceptors (Lipinski definition) is 5. The average molecular weight is 461 g/mol. The molecule has 146 valence electrons. The van der Waals surface area contributed by atoms with Gasteiger partial charge in [-0.05, 0) is 32.0 Å². The molecule has 1 aliphatic heterocycles. The van der Waals surface area contributed by atoms with Crippen LogP contribution in [0.25, 0.3) is 0 Å². The molecule has 11 heteroatoms. The lowest BCUT2D eigenvalue weighted by Crippen LogP contribution is -2.51. The first kappa shape index (κ1) is 19.8. The molecule has 0 saturated carbocycles. The number of aryl methyl sites for hydroxylation is 2. The first-order chi connectivity index (χ1) is 12.7. The Morgan fingerprint density at radius 3 is 2.48 bits per heavy atom. The average Bonchev–Trinajstić information content (AvgIpc) is 2.96. The summed E-state index contributed by atoms with van der Waals surface area (Å²) < 4.78 is 46.2. The predicted octanol–water partition coefficient (Wildman–Crippen LogP) is 2.73. The van der Waals surface area contributed by atoms with E-state index in [1.54, 1.807) is 19.9 Å². The van der Waals surface area contributed by atoms with E-state index in [4.69, 9.17) is 4.52 Å². The van der Waals surface area contributed by atoms with E-state index >= 15 is 0 Å². The number of amides is 2. The molecule has 1 saturated heterocycles. The zero-order valence-electron chi connectivity index (χ0n) is 14.7. The zero-order valence-corrected chi connectivity index (χ0v) is 17.1. The van der Waals surface area contributed by atoms with E-state index in [-0.39, 0.29) is 42.5 Å². The molecule has 0 radical (unpaired) electrons. The highest BCUT2D eigenvalue weighted by Crippen LogP contribution is 2.24. The van der Waals surface area contributed by atoms with Gasteiger partial charge in [0.25, 0.3) is 0 Å². The van der Waals surface area contributed by atoms with Crippen LogP contribution < -0.4 is 5.32 Å². The molecule has 0 atom stereocenters. The van der Waals surface area contributed by atoms with Crippen LogP contribution >= 0.6 is 15.9 Å². The molecule has 1 aromatic carbocycles. The van der Waals surface area contributed by atoms with Gasteiger partial charge >= 0.3 is 6.03 Å². The normalized spacial score (nSPS) is 15.8. The lowest BCUT2D eigenvalue weighted by Gasteiger charge is -2.33. The number of aromatic nitrogens is 1. The van der Waals surface area contributed by atoms with Gasteiger partial charge in [-0.25, -0.2) is 17.6 Å². The molecule has 0 aliphatic carbocycles. The highest BCUT2D eigenvalue weighted by molar-refractivity contribution is 9.10. The van der Waals surface area contributed by atoms with Crippen molar-refractivity contribution in [3.05, 3.63) is 39.9 Å². The minimum Gasteiger partial charge on any atom is -0.360 e. The van der Waals surface area contributed by atoms with Gasteiger partial charge in [0.05, 0.1) is 5.69 Å². The maximum absolute atomic E-state index is 13.9. The Balaban J connectivity index is 1.65. The quantitative estimate of drug-likeness (QED) is 0.759. The molecule has 1 N–H and O–H groups in total. The van der Waals surface area contributed by atoms with E-state index in [2.05, 4.69) is 26.4 Å². The summed E-state index contributed by atoms with van der Waals surface area (Å²) >= 11 is 3.15. The fraction of sp³-hybridized carbons (Fsp3) is 0.375. The Labute approximate surface area is 164 Å². The largest absolute Gasteiger partial charge is 0.360 e. The molecule has 1 fully saturated rings. The van der Waals surface area contributed by atoms with Crippen LogP contribution in [0.4, 0.5) is 14.9 Å². The van der Waals surface area contributed by atoms with Gasteiger partial charge in [0, 0.05) is 30.7 Å². The summed E-state index contributed by atoms with van der Waals surface area (Å²) in [4.78, 5) is 13.9. The molecule has 8 nitrogen and oxygen atoms in total. The lowest BCUT2D eigenvalue weighted by atomic mass is 10.3. The molecule has 2 amide bonds. The van der Waals surface area contributed by atoms with E-state index in [1.165, 1.54) is 21.3 Å². The summed E-state index contributed by atoms with van der Waals surface area (Å²) in [5.41, 5.74) is 0.368. The van der Waals surface area contributed by atoms with Gasteiger partial charge in [-0.2, -0.15) is 4.31 Å². The second-order valence-electron chi connectivity index (χ2n) is 6.10. The van der Waals surface area contributed by atoms with Crippen molar-refractivity contribution in [1.82, 2.24) is 14.4 Å².